The van der Waals surface area contributed by atoms with Gasteiger partial charge in [-0.05, 0) is 45.4 Å². The molecule has 0 bridgehead atoms. The molecule has 1 aromatic carbocycles. The summed E-state index contributed by atoms with van der Waals surface area (Å²) in [6.45, 7) is 8.29. The van der Waals surface area contributed by atoms with Crippen molar-refractivity contribution in [3.05, 3.63) is 39.3 Å². The lowest BCUT2D eigenvalue weighted by Crippen LogP contribution is -2.08. The molecular weight excluding hydrogens is 242 g/mol. The summed E-state index contributed by atoms with van der Waals surface area (Å²) in [7, 11) is 0. The van der Waals surface area contributed by atoms with Crippen LogP contribution in [0.1, 0.15) is 34.1 Å². The Balaban J connectivity index is 2.24. The van der Waals surface area contributed by atoms with Crippen molar-refractivity contribution in [3.8, 4) is 0 Å². The lowest BCUT2D eigenvalue weighted by atomic mass is 10.1. The average Bonchev–Trinajstić information content (AvgIpc) is 2.64. The molecule has 0 spiro atoms. The van der Waals surface area contributed by atoms with Crippen molar-refractivity contribution < 1.29 is 0 Å². The summed E-state index contributed by atoms with van der Waals surface area (Å²) in [5.74, 6) is 0. The molecule has 3 N–H and O–H groups in total. The monoisotopic (exact) mass is 261 g/mol. The number of nitrogens with zero attached hydrogens (tertiary/aromatic N) is 1. The first-order valence-corrected chi connectivity index (χ1v) is 6.86. The van der Waals surface area contributed by atoms with Gasteiger partial charge in [-0.3, -0.25) is 0 Å². The van der Waals surface area contributed by atoms with Crippen LogP contribution in [0, 0.1) is 20.8 Å². The van der Waals surface area contributed by atoms with E-state index in [0.717, 1.165) is 27.6 Å². The van der Waals surface area contributed by atoms with Gasteiger partial charge in [-0.1, -0.05) is 6.07 Å². The first-order chi connectivity index (χ1) is 8.49. The third-order valence-corrected chi connectivity index (χ3v) is 4.34. The maximum atomic E-state index is 5.92. The van der Waals surface area contributed by atoms with Crippen molar-refractivity contribution in [3.63, 3.8) is 0 Å². The molecule has 18 heavy (non-hydrogen) atoms. The Kier molecular flexibility index (Phi) is 3.57. The van der Waals surface area contributed by atoms with Crippen LogP contribution in [0.25, 0.3) is 0 Å². The minimum absolute atomic E-state index is 0.247. The lowest BCUT2D eigenvalue weighted by molar-refractivity contribution is 0.888. The van der Waals surface area contributed by atoms with E-state index in [4.69, 9.17) is 5.73 Å². The fourth-order valence-corrected chi connectivity index (χ4v) is 2.99. The number of aromatic nitrogens is 1. The van der Waals surface area contributed by atoms with Gasteiger partial charge >= 0.3 is 0 Å². The number of rotatable bonds is 3. The summed E-state index contributed by atoms with van der Waals surface area (Å²) in [6, 6.07) is 6.21. The van der Waals surface area contributed by atoms with Gasteiger partial charge in [0.25, 0.3) is 0 Å². The number of anilines is 2. The molecule has 1 heterocycles. The maximum Gasteiger partial charge on any atom is 0.0900 e. The molecule has 96 valence electrons. The highest BCUT2D eigenvalue weighted by atomic mass is 32.1. The van der Waals surface area contributed by atoms with Crippen LogP contribution in [0.15, 0.2) is 18.2 Å². The van der Waals surface area contributed by atoms with Crippen molar-refractivity contribution in [2.75, 3.05) is 11.1 Å². The number of nitrogens with one attached hydrogen (secondary N) is 1. The quantitative estimate of drug-likeness (QED) is 0.826. The van der Waals surface area contributed by atoms with Gasteiger partial charge < -0.3 is 11.1 Å². The van der Waals surface area contributed by atoms with E-state index in [0.29, 0.717) is 0 Å². The first-order valence-electron chi connectivity index (χ1n) is 6.04. The van der Waals surface area contributed by atoms with Crippen molar-refractivity contribution in [1.82, 2.24) is 4.98 Å². The van der Waals surface area contributed by atoms with Crippen LogP contribution in [-0.2, 0) is 0 Å². The molecule has 1 aromatic heterocycles. The zero-order chi connectivity index (χ0) is 13.3. The number of aryl methyl sites for hydroxylation is 2. The Morgan fingerprint density at radius 3 is 2.61 bits per heavy atom. The van der Waals surface area contributed by atoms with E-state index >= 15 is 0 Å². The van der Waals surface area contributed by atoms with Gasteiger partial charge in [0.1, 0.15) is 0 Å². The number of nitrogens with two attached hydrogens (primary N) is 1. The van der Waals surface area contributed by atoms with E-state index in [2.05, 4.69) is 30.2 Å². The van der Waals surface area contributed by atoms with E-state index < -0.39 is 0 Å². The van der Waals surface area contributed by atoms with Crippen LogP contribution < -0.4 is 11.1 Å². The number of nitrogen functional groups attached to an aromatic ring is 1. The molecule has 4 heteroatoms. The zero-order valence-electron chi connectivity index (χ0n) is 11.2. The molecule has 0 saturated carbocycles. The van der Waals surface area contributed by atoms with Gasteiger partial charge in [-0.25, -0.2) is 4.98 Å². The van der Waals surface area contributed by atoms with Crippen molar-refractivity contribution in [2.45, 2.75) is 33.7 Å². The Labute approximate surface area is 112 Å². The molecule has 3 nitrogen and oxygen atoms in total. The summed E-state index contributed by atoms with van der Waals surface area (Å²) in [5, 5.41) is 4.62. The minimum atomic E-state index is 0.247. The van der Waals surface area contributed by atoms with E-state index in [-0.39, 0.29) is 6.04 Å². The number of hydrogen-bond acceptors (Lipinski definition) is 4. The van der Waals surface area contributed by atoms with Gasteiger partial charge in [0.15, 0.2) is 0 Å². The molecular formula is C14H19N3S. The summed E-state index contributed by atoms with van der Waals surface area (Å²) >= 11 is 1.75. The van der Waals surface area contributed by atoms with Crippen LogP contribution in [0.5, 0.6) is 0 Å². The molecule has 1 atom stereocenters. The third kappa shape index (κ3) is 2.48. The second kappa shape index (κ2) is 4.98. The third-order valence-electron chi connectivity index (χ3n) is 3.08. The fraction of sp³-hybridized carbons (Fsp3) is 0.357. The molecule has 0 fully saturated rings. The SMILES string of the molecule is Cc1nc(C)c(C(C)Nc2cccc(N)c2C)s1. The molecule has 2 aromatic rings. The number of hydrogen-bond donors (Lipinski definition) is 2. The summed E-state index contributed by atoms with van der Waals surface area (Å²) < 4.78 is 0. The van der Waals surface area contributed by atoms with Gasteiger partial charge in [0, 0.05) is 16.3 Å². The standard InChI is InChI=1S/C14H19N3S/c1-8-12(15)6-5-7-13(8)17-10(3)14-9(2)16-11(4)18-14/h5-7,10,17H,15H2,1-4H3. The smallest absolute Gasteiger partial charge is 0.0900 e. The zero-order valence-corrected chi connectivity index (χ0v) is 12.1. The maximum absolute atomic E-state index is 5.92. The van der Waals surface area contributed by atoms with E-state index in [9.17, 15) is 0 Å². The van der Waals surface area contributed by atoms with Crippen LogP contribution in [0.2, 0.25) is 0 Å². The Morgan fingerprint density at radius 1 is 1.28 bits per heavy atom. The van der Waals surface area contributed by atoms with Crippen molar-refractivity contribution in [1.29, 1.82) is 0 Å². The molecule has 0 aliphatic carbocycles. The summed E-state index contributed by atoms with van der Waals surface area (Å²) in [6.07, 6.45) is 0. The number of thiazole rings is 1. The highest BCUT2D eigenvalue weighted by Gasteiger charge is 2.13. The number of benzene rings is 1. The highest BCUT2D eigenvalue weighted by Crippen LogP contribution is 2.29. The molecule has 1 unspecified atom stereocenters. The Hall–Kier alpha value is -1.55. The topological polar surface area (TPSA) is 50.9 Å². The van der Waals surface area contributed by atoms with Crippen LogP contribution in [-0.4, -0.2) is 4.98 Å². The van der Waals surface area contributed by atoms with E-state index in [1.165, 1.54) is 4.88 Å². The summed E-state index contributed by atoms with van der Waals surface area (Å²) in [4.78, 5) is 5.75. The van der Waals surface area contributed by atoms with Gasteiger partial charge in [-0.15, -0.1) is 11.3 Å². The average molecular weight is 261 g/mol. The Morgan fingerprint density at radius 2 is 2.00 bits per heavy atom. The van der Waals surface area contributed by atoms with Crippen LogP contribution in [0.4, 0.5) is 11.4 Å². The second-order valence-corrected chi connectivity index (χ2v) is 5.80. The van der Waals surface area contributed by atoms with E-state index in [1.54, 1.807) is 11.3 Å². The van der Waals surface area contributed by atoms with Crippen molar-refractivity contribution in [2.24, 2.45) is 0 Å². The highest BCUT2D eigenvalue weighted by molar-refractivity contribution is 7.11. The van der Waals surface area contributed by atoms with Gasteiger partial charge in [-0.2, -0.15) is 0 Å². The van der Waals surface area contributed by atoms with Crippen LogP contribution >= 0.6 is 11.3 Å². The molecule has 0 radical (unpaired) electrons. The lowest BCUT2D eigenvalue weighted by Gasteiger charge is -2.17. The largest absolute Gasteiger partial charge is 0.398 e. The van der Waals surface area contributed by atoms with Crippen LogP contribution in [0.3, 0.4) is 0 Å². The minimum Gasteiger partial charge on any atom is -0.398 e. The molecule has 0 aliphatic heterocycles. The molecule has 0 saturated heterocycles. The molecule has 2 rings (SSSR count). The second-order valence-electron chi connectivity index (χ2n) is 4.57. The summed E-state index contributed by atoms with van der Waals surface area (Å²) in [5.41, 5.74) is 10.0. The molecule has 0 aliphatic rings. The predicted molar refractivity (Wildman–Crippen MR) is 79.2 cm³/mol. The van der Waals surface area contributed by atoms with Gasteiger partial charge in [0.05, 0.1) is 16.7 Å². The van der Waals surface area contributed by atoms with Gasteiger partial charge in [0.2, 0.25) is 0 Å². The van der Waals surface area contributed by atoms with E-state index in [1.807, 2.05) is 26.0 Å². The normalized spacial score (nSPS) is 12.4. The Bertz CT molecular complexity index is 560. The fourth-order valence-electron chi connectivity index (χ4n) is 2.06. The van der Waals surface area contributed by atoms with Crippen molar-refractivity contribution >= 4 is 22.7 Å². The predicted octanol–water partition coefficient (Wildman–Crippen LogP) is 3.82. The first kappa shape index (κ1) is 12.9. The molecule has 0 amide bonds.